The van der Waals surface area contributed by atoms with Crippen molar-refractivity contribution in [3.63, 3.8) is 0 Å². The molecule has 1 N–H and O–H groups in total. The molecule has 7 nitrogen and oxygen atoms in total. The second-order valence-corrected chi connectivity index (χ2v) is 3.73. The minimum absolute atomic E-state index is 0.162. The normalized spacial score (nSPS) is 17.0. The van der Waals surface area contributed by atoms with Gasteiger partial charge in [0.2, 0.25) is 5.82 Å². The molecule has 0 atom stereocenters. The number of ether oxygens (including phenoxy) is 2. The van der Waals surface area contributed by atoms with E-state index in [2.05, 4.69) is 20.1 Å². The van der Waals surface area contributed by atoms with E-state index < -0.39 is 5.97 Å². The van der Waals surface area contributed by atoms with Crippen LogP contribution in [0.1, 0.15) is 23.4 Å². The highest BCUT2D eigenvalue weighted by Gasteiger charge is 2.16. The van der Waals surface area contributed by atoms with Crippen molar-refractivity contribution in [2.75, 3.05) is 32.9 Å². The Morgan fingerprint density at radius 2 is 2.24 bits per heavy atom. The summed E-state index contributed by atoms with van der Waals surface area (Å²) in [6.07, 6.45) is 0. The monoisotopic (exact) mass is 240 g/mol. The van der Waals surface area contributed by atoms with E-state index in [-0.39, 0.29) is 5.82 Å². The van der Waals surface area contributed by atoms with Gasteiger partial charge in [-0.25, -0.2) is 4.79 Å². The molecular weight excluding hydrogens is 224 g/mol. The molecule has 0 bridgehead atoms. The lowest BCUT2D eigenvalue weighted by molar-refractivity contribution is 0.0330. The van der Waals surface area contributed by atoms with Crippen LogP contribution in [-0.4, -0.2) is 59.0 Å². The van der Waals surface area contributed by atoms with Crippen molar-refractivity contribution in [1.82, 2.24) is 20.1 Å². The molecule has 2 heterocycles. The second-order valence-electron chi connectivity index (χ2n) is 3.73. The molecule has 0 aromatic carbocycles. The Morgan fingerprint density at radius 1 is 1.47 bits per heavy atom. The fraction of sp³-hybridized carbons (Fsp3) is 0.700. The molecule has 1 aromatic rings. The fourth-order valence-corrected chi connectivity index (χ4v) is 1.63. The molecular formula is C10H16N4O3. The molecule has 1 aliphatic rings. The number of aromatic nitrogens is 3. The highest BCUT2D eigenvalue weighted by molar-refractivity contribution is 5.84. The van der Waals surface area contributed by atoms with Crippen molar-refractivity contribution in [1.29, 1.82) is 0 Å². The van der Waals surface area contributed by atoms with E-state index in [4.69, 9.17) is 9.47 Å². The molecule has 1 aliphatic heterocycles. The van der Waals surface area contributed by atoms with Gasteiger partial charge in [0.1, 0.15) is 5.82 Å². The number of aromatic amines is 1. The van der Waals surface area contributed by atoms with Gasteiger partial charge in [-0.2, -0.15) is 0 Å². The summed E-state index contributed by atoms with van der Waals surface area (Å²) < 4.78 is 10.1. The Balaban J connectivity index is 1.91. The highest BCUT2D eigenvalue weighted by Crippen LogP contribution is 2.03. The molecule has 0 amide bonds. The maximum atomic E-state index is 11.4. The zero-order valence-electron chi connectivity index (χ0n) is 9.81. The first-order valence-corrected chi connectivity index (χ1v) is 5.68. The van der Waals surface area contributed by atoms with Crippen molar-refractivity contribution in [3.05, 3.63) is 11.6 Å². The van der Waals surface area contributed by atoms with Crippen molar-refractivity contribution in [2.24, 2.45) is 0 Å². The smallest absolute Gasteiger partial charge is 0.376 e. The molecule has 2 rings (SSSR count). The molecule has 0 unspecified atom stereocenters. The Hall–Kier alpha value is -1.47. The van der Waals surface area contributed by atoms with Gasteiger partial charge in [0.05, 0.1) is 26.4 Å². The summed E-state index contributed by atoms with van der Waals surface area (Å²) in [5, 5.41) is 7.69. The van der Waals surface area contributed by atoms with Crippen LogP contribution in [0.3, 0.4) is 0 Å². The van der Waals surface area contributed by atoms with Gasteiger partial charge in [-0.15, -0.1) is 10.2 Å². The van der Waals surface area contributed by atoms with E-state index in [1.807, 2.05) is 0 Å². The van der Waals surface area contributed by atoms with E-state index in [1.54, 1.807) is 6.92 Å². The summed E-state index contributed by atoms with van der Waals surface area (Å²) in [5.41, 5.74) is 0. The molecule has 1 fully saturated rings. The summed E-state index contributed by atoms with van der Waals surface area (Å²) in [6, 6.07) is 0. The van der Waals surface area contributed by atoms with Crippen LogP contribution in [0, 0.1) is 0 Å². The maximum Gasteiger partial charge on any atom is 0.376 e. The lowest BCUT2D eigenvalue weighted by Gasteiger charge is -2.25. The van der Waals surface area contributed by atoms with Crippen molar-refractivity contribution in [3.8, 4) is 0 Å². The number of carbonyl (C=O) groups is 1. The number of morpholine rings is 1. The van der Waals surface area contributed by atoms with E-state index in [9.17, 15) is 4.79 Å². The summed E-state index contributed by atoms with van der Waals surface area (Å²) in [6.45, 7) is 5.94. The average molecular weight is 240 g/mol. The third-order valence-corrected chi connectivity index (χ3v) is 2.48. The molecule has 17 heavy (non-hydrogen) atoms. The predicted octanol–water partition coefficient (Wildman–Crippen LogP) is -0.186. The number of esters is 1. The van der Waals surface area contributed by atoms with Crippen LogP contribution in [0.15, 0.2) is 0 Å². The van der Waals surface area contributed by atoms with Crippen LogP contribution >= 0.6 is 0 Å². The molecule has 0 radical (unpaired) electrons. The maximum absolute atomic E-state index is 11.4. The number of carbonyl (C=O) groups excluding carboxylic acids is 1. The molecule has 1 saturated heterocycles. The number of nitrogens with one attached hydrogen (secondary N) is 1. The molecule has 0 spiro atoms. The van der Waals surface area contributed by atoms with Crippen molar-refractivity contribution < 1.29 is 14.3 Å². The summed E-state index contributed by atoms with van der Waals surface area (Å²) in [7, 11) is 0. The second kappa shape index (κ2) is 5.74. The van der Waals surface area contributed by atoms with Crippen LogP contribution < -0.4 is 0 Å². The van der Waals surface area contributed by atoms with Gasteiger partial charge in [0, 0.05) is 13.1 Å². The van der Waals surface area contributed by atoms with Crippen LogP contribution in [0.4, 0.5) is 0 Å². The standard InChI is InChI=1S/C10H16N4O3/c1-2-17-10(15)9-11-8(12-13-9)7-14-3-5-16-6-4-14/h2-7H2,1H3,(H,11,12,13). The SMILES string of the molecule is CCOC(=O)c1nnc(CN2CCOCC2)[nH]1. The first kappa shape index (κ1) is 12.0. The van der Waals surface area contributed by atoms with Gasteiger partial charge in [-0.3, -0.25) is 4.90 Å². The minimum Gasteiger partial charge on any atom is -0.460 e. The van der Waals surface area contributed by atoms with Crippen LogP contribution in [0.5, 0.6) is 0 Å². The molecule has 7 heteroatoms. The average Bonchev–Trinajstić information content (AvgIpc) is 2.79. The summed E-state index contributed by atoms with van der Waals surface area (Å²) in [5.74, 6) is 0.373. The van der Waals surface area contributed by atoms with E-state index in [0.29, 0.717) is 19.0 Å². The minimum atomic E-state index is -0.465. The molecule has 94 valence electrons. The Morgan fingerprint density at radius 3 is 2.94 bits per heavy atom. The number of hydrogen-bond donors (Lipinski definition) is 1. The zero-order valence-corrected chi connectivity index (χ0v) is 9.81. The van der Waals surface area contributed by atoms with E-state index >= 15 is 0 Å². The van der Waals surface area contributed by atoms with Crippen LogP contribution in [0.2, 0.25) is 0 Å². The predicted molar refractivity (Wildman–Crippen MR) is 58.4 cm³/mol. The van der Waals surface area contributed by atoms with Crippen LogP contribution in [-0.2, 0) is 16.0 Å². The molecule has 1 aromatic heterocycles. The third kappa shape index (κ3) is 3.24. The lowest BCUT2D eigenvalue weighted by Crippen LogP contribution is -2.35. The Kier molecular flexibility index (Phi) is 4.05. The first-order chi connectivity index (χ1) is 8.29. The highest BCUT2D eigenvalue weighted by atomic mass is 16.5. The number of nitrogens with zero attached hydrogens (tertiary/aromatic N) is 3. The lowest BCUT2D eigenvalue weighted by atomic mass is 10.4. The van der Waals surface area contributed by atoms with Gasteiger partial charge in [-0.1, -0.05) is 0 Å². The van der Waals surface area contributed by atoms with Gasteiger partial charge < -0.3 is 14.5 Å². The van der Waals surface area contributed by atoms with Gasteiger partial charge >= 0.3 is 5.97 Å². The summed E-state index contributed by atoms with van der Waals surface area (Å²) >= 11 is 0. The topological polar surface area (TPSA) is 80.3 Å². The third-order valence-electron chi connectivity index (χ3n) is 2.48. The number of H-pyrrole nitrogens is 1. The largest absolute Gasteiger partial charge is 0.460 e. The quantitative estimate of drug-likeness (QED) is 0.735. The molecule has 0 aliphatic carbocycles. The number of rotatable bonds is 4. The van der Waals surface area contributed by atoms with E-state index in [1.165, 1.54) is 0 Å². The van der Waals surface area contributed by atoms with Crippen molar-refractivity contribution >= 4 is 5.97 Å². The van der Waals surface area contributed by atoms with Gasteiger partial charge in [0.25, 0.3) is 0 Å². The van der Waals surface area contributed by atoms with E-state index in [0.717, 1.165) is 26.3 Å². The van der Waals surface area contributed by atoms with Crippen molar-refractivity contribution in [2.45, 2.75) is 13.5 Å². The van der Waals surface area contributed by atoms with Gasteiger partial charge in [0.15, 0.2) is 0 Å². The van der Waals surface area contributed by atoms with Crippen LogP contribution in [0.25, 0.3) is 0 Å². The molecule has 0 saturated carbocycles. The Bertz CT molecular complexity index is 373. The van der Waals surface area contributed by atoms with Gasteiger partial charge in [-0.05, 0) is 6.92 Å². The first-order valence-electron chi connectivity index (χ1n) is 5.68. The fourth-order valence-electron chi connectivity index (χ4n) is 1.63. The number of hydrogen-bond acceptors (Lipinski definition) is 6. The zero-order chi connectivity index (χ0) is 12.1. The summed E-state index contributed by atoms with van der Waals surface area (Å²) in [4.78, 5) is 16.4. The Labute approximate surface area is 99.1 Å².